The van der Waals surface area contributed by atoms with Gasteiger partial charge in [0.25, 0.3) is 5.78 Å². The van der Waals surface area contributed by atoms with Crippen molar-refractivity contribution >= 4 is 23.4 Å². The van der Waals surface area contributed by atoms with Gasteiger partial charge in [-0.25, -0.2) is 14.5 Å². The molecule has 3 aromatic heterocycles. The summed E-state index contributed by atoms with van der Waals surface area (Å²) in [5.74, 6) is 1.22. The molecule has 3 heterocycles. The third-order valence-electron chi connectivity index (χ3n) is 5.10. The number of benzene rings is 1. The highest BCUT2D eigenvalue weighted by Crippen LogP contribution is 2.21. The molecule has 9 heteroatoms. The molecule has 1 aromatic carbocycles. The lowest BCUT2D eigenvalue weighted by Gasteiger charge is -2.20. The van der Waals surface area contributed by atoms with Crippen LogP contribution >= 0.6 is 11.8 Å². The summed E-state index contributed by atoms with van der Waals surface area (Å²) >= 11 is 1.46. The molecule has 0 aliphatic rings. The second kappa shape index (κ2) is 8.27. The van der Waals surface area contributed by atoms with Gasteiger partial charge in [-0.05, 0) is 25.7 Å². The number of hydrogen-bond acceptors (Lipinski definition) is 6. The SMILES string of the molecule is CSc1nc2nc(C)c(CC(=O)N[C@H](c3ccccc3)c3nccn3C)c(C)n2n1. The summed E-state index contributed by atoms with van der Waals surface area (Å²) in [5, 5.41) is 8.26. The van der Waals surface area contributed by atoms with E-state index >= 15 is 0 Å². The normalized spacial score (nSPS) is 12.3. The standard InChI is InChI=1S/C21H23N7OS/c1-13-16(14(2)28-20(23-13)25-21(26-28)30-4)12-17(29)24-18(15-8-6-5-7-9-15)19-22-10-11-27(19)3/h5-11,18H,12H2,1-4H3,(H,24,29)/t18-/m1/s1. The second-order valence-corrected chi connectivity index (χ2v) is 7.83. The number of rotatable bonds is 6. The van der Waals surface area contributed by atoms with Gasteiger partial charge >= 0.3 is 0 Å². The fourth-order valence-corrected chi connectivity index (χ4v) is 3.84. The summed E-state index contributed by atoms with van der Waals surface area (Å²) < 4.78 is 3.62. The van der Waals surface area contributed by atoms with Gasteiger partial charge in [-0.2, -0.15) is 4.98 Å². The van der Waals surface area contributed by atoms with Crippen LogP contribution < -0.4 is 5.32 Å². The topological polar surface area (TPSA) is 90.0 Å². The predicted molar refractivity (Wildman–Crippen MR) is 115 cm³/mol. The first-order chi connectivity index (χ1) is 14.5. The monoisotopic (exact) mass is 421 g/mol. The Hall–Kier alpha value is -3.20. The molecule has 4 rings (SSSR count). The second-order valence-electron chi connectivity index (χ2n) is 7.06. The van der Waals surface area contributed by atoms with Crippen molar-refractivity contribution in [2.24, 2.45) is 7.05 Å². The average molecular weight is 422 g/mol. The first kappa shape index (κ1) is 20.1. The average Bonchev–Trinajstić information content (AvgIpc) is 3.36. The van der Waals surface area contributed by atoms with Crippen molar-refractivity contribution in [3.05, 3.63) is 71.1 Å². The lowest BCUT2D eigenvalue weighted by atomic mass is 10.0. The van der Waals surface area contributed by atoms with Crippen molar-refractivity contribution in [3.8, 4) is 0 Å². The number of imidazole rings is 1. The molecule has 0 aliphatic carbocycles. The predicted octanol–water partition coefficient (Wildman–Crippen LogP) is 2.64. The van der Waals surface area contributed by atoms with Crippen LogP contribution in [-0.4, -0.2) is 41.3 Å². The zero-order valence-corrected chi connectivity index (χ0v) is 18.1. The molecule has 0 aliphatic heterocycles. The Bertz CT molecular complexity index is 1200. The molecular weight excluding hydrogens is 398 g/mol. The van der Waals surface area contributed by atoms with E-state index in [1.165, 1.54) is 11.8 Å². The molecule has 30 heavy (non-hydrogen) atoms. The van der Waals surface area contributed by atoms with Crippen LogP contribution in [0.4, 0.5) is 0 Å². The number of nitrogens with zero attached hydrogens (tertiary/aromatic N) is 6. The number of fused-ring (bicyclic) bond motifs is 1. The van der Waals surface area contributed by atoms with Gasteiger partial charge in [0.15, 0.2) is 0 Å². The molecule has 0 fully saturated rings. The minimum atomic E-state index is -0.342. The highest BCUT2D eigenvalue weighted by Gasteiger charge is 2.22. The number of carbonyl (C=O) groups is 1. The Morgan fingerprint density at radius 1 is 1.20 bits per heavy atom. The Morgan fingerprint density at radius 2 is 1.97 bits per heavy atom. The van der Waals surface area contributed by atoms with Crippen molar-refractivity contribution in [3.63, 3.8) is 0 Å². The quantitative estimate of drug-likeness (QED) is 0.482. The number of amides is 1. The van der Waals surface area contributed by atoms with E-state index in [9.17, 15) is 4.79 Å². The summed E-state index contributed by atoms with van der Waals surface area (Å²) in [6, 6.07) is 9.50. The summed E-state index contributed by atoms with van der Waals surface area (Å²) in [4.78, 5) is 26.5. The van der Waals surface area contributed by atoms with Crippen molar-refractivity contribution in [1.29, 1.82) is 0 Å². The van der Waals surface area contributed by atoms with Crippen LogP contribution in [0, 0.1) is 13.8 Å². The third kappa shape index (κ3) is 3.80. The van der Waals surface area contributed by atoms with E-state index < -0.39 is 0 Å². The molecule has 8 nitrogen and oxygen atoms in total. The van der Waals surface area contributed by atoms with E-state index in [4.69, 9.17) is 0 Å². The van der Waals surface area contributed by atoms with Crippen LogP contribution in [-0.2, 0) is 18.3 Å². The molecular formula is C21H23N7OS. The van der Waals surface area contributed by atoms with Gasteiger partial charge in [-0.3, -0.25) is 4.79 Å². The van der Waals surface area contributed by atoms with Gasteiger partial charge in [0.1, 0.15) is 11.9 Å². The molecule has 1 atom stereocenters. The van der Waals surface area contributed by atoms with Gasteiger partial charge in [0, 0.05) is 36.4 Å². The molecule has 1 amide bonds. The first-order valence-electron chi connectivity index (χ1n) is 9.56. The summed E-state index contributed by atoms with van der Waals surface area (Å²) in [7, 11) is 1.92. The molecule has 0 spiro atoms. The maximum Gasteiger partial charge on any atom is 0.253 e. The van der Waals surface area contributed by atoms with E-state index in [-0.39, 0.29) is 18.4 Å². The summed E-state index contributed by atoms with van der Waals surface area (Å²) in [5.41, 5.74) is 3.48. The lowest BCUT2D eigenvalue weighted by molar-refractivity contribution is -0.121. The van der Waals surface area contributed by atoms with Crippen LogP contribution in [0.25, 0.3) is 5.78 Å². The minimum Gasteiger partial charge on any atom is -0.342 e. The summed E-state index contributed by atoms with van der Waals surface area (Å²) in [6.45, 7) is 3.84. The van der Waals surface area contributed by atoms with Crippen LogP contribution in [0.15, 0.2) is 47.9 Å². The maximum atomic E-state index is 13.1. The highest BCUT2D eigenvalue weighted by atomic mass is 32.2. The van der Waals surface area contributed by atoms with Crippen LogP contribution in [0.2, 0.25) is 0 Å². The van der Waals surface area contributed by atoms with E-state index in [0.717, 1.165) is 28.3 Å². The zero-order chi connectivity index (χ0) is 21.3. The van der Waals surface area contributed by atoms with E-state index in [1.54, 1.807) is 10.7 Å². The molecule has 0 unspecified atom stereocenters. The Balaban J connectivity index is 1.64. The number of nitrogens with one attached hydrogen (secondary N) is 1. The molecule has 0 radical (unpaired) electrons. The van der Waals surface area contributed by atoms with E-state index in [0.29, 0.717) is 10.9 Å². The number of thioether (sulfide) groups is 1. The van der Waals surface area contributed by atoms with Crippen LogP contribution in [0.1, 0.15) is 34.4 Å². The van der Waals surface area contributed by atoms with Gasteiger partial charge in [0.2, 0.25) is 11.1 Å². The van der Waals surface area contributed by atoms with Gasteiger partial charge in [0.05, 0.1) is 6.42 Å². The number of aromatic nitrogens is 6. The molecule has 0 bridgehead atoms. The van der Waals surface area contributed by atoms with Gasteiger partial charge < -0.3 is 9.88 Å². The fourth-order valence-electron chi connectivity index (χ4n) is 3.50. The van der Waals surface area contributed by atoms with Crippen LogP contribution in [0.3, 0.4) is 0 Å². The molecule has 4 aromatic rings. The van der Waals surface area contributed by atoms with Crippen molar-refractivity contribution in [2.75, 3.05) is 6.26 Å². The third-order valence-corrected chi connectivity index (χ3v) is 5.64. The smallest absolute Gasteiger partial charge is 0.253 e. The van der Waals surface area contributed by atoms with Crippen molar-refractivity contribution in [1.82, 2.24) is 34.4 Å². The number of carbonyl (C=O) groups excluding carboxylic acids is 1. The fraction of sp³-hybridized carbons (Fsp3) is 0.286. The largest absolute Gasteiger partial charge is 0.342 e. The van der Waals surface area contributed by atoms with Gasteiger partial charge in [-0.1, -0.05) is 42.1 Å². The molecule has 0 saturated carbocycles. The Kier molecular flexibility index (Phi) is 5.54. The van der Waals surface area contributed by atoms with Gasteiger partial charge in [-0.15, -0.1) is 5.10 Å². The van der Waals surface area contributed by atoms with Crippen molar-refractivity contribution < 1.29 is 4.79 Å². The Morgan fingerprint density at radius 3 is 2.63 bits per heavy atom. The number of aryl methyl sites for hydroxylation is 3. The molecule has 154 valence electrons. The van der Waals surface area contributed by atoms with E-state index in [1.807, 2.05) is 68.2 Å². The van der Waals surface area contributed by atoms with Crippen LogP contribution in [0.5, 0.6) is 0 Å². The first-order valence-corrected chi connectivity index (χ1v) is 10.8. The molecule has 1 N–H and O–H groups in total. The van der Waals surface area contributed by atoms with E-state index in [2.05, 4.69) is 25.4 Å². The number of hydrogen-bond donors (Lipinski definition) is 1. The highest BCUT2D eigenvalue weighted by molar-refractivity contribution is 7.98. The maximum absolute atomic E-state index is 13.1. The lowest BCUT2D eigenvalue weighted by Crippen LogP contribution is -2.32. The minimum absolute atomic E-state index is 0.107. The van der Waals surface area contributed by atoms with Crippen molar-refractivity contribution in [2.45, 2.75) is 31.5 Å². The summed E-state index contributed by atoms with van der Waals surface area (Å²) in [6.07, 6.45) is 5.73. The molecule has 0 saturated heterocycles. The zero-order valence-electron chi connectivity index (χ0n) is 17.3. The Labute approximate surface area is 178 Å².